The van der Waals surface area contributed by atoms with Gasteiger partial charge >= 0.3 is 0 Å². The molecule has 4 amide bonds. The first-order valence-electron chi connectivity index (χ1n) is 16.3. The second-order valence-electron chi connectivity index (χ2n) is 12.6. The zero-order valence-electron chi connectivity index (χ0n) is 28.5. The van der Waals surface area contributed by atoms with Crippen molar-refractivity contribution in [2.24, 2.45) is 0 Å². The Morgan fingerprint density at radius 3 is 1.25 bits per heavy atom. The molecule has 48 heavy (non-hydrogen) atoms. The molecule has 2 N–H and O–H groups in total. The van der Waals surface area contributed by atoms with E-state index in [1.165, 1.54) is 11.1 Å². The quantitative estimate of drug-likeness (QED) is 0.114. The number of amides is 4. The highest BCUT2D eigenvalue weighted by molar-refractivity contribution is 8.29. The monoisotopic (exact) mass is 724 g/mol. The van der Waals surface area contributed by atoms with E-state index >= 15 is 0 Å². The summed E-state index contributed by atoms with van der Waals surface area (Å²) in [6, 6.07) is 8.23. The maximum Gasteiger partial charge on any atom is 0.267 e. The number of anilines is 2. The molecule has 0 spiro atoms. The van der Waals surface area contributed by atoms with Crippen LogP contribution in [0, 0.1) is 41.5 Å². The number of hydrogen-bond acceptors (Lipinski definition) is 8. The van der Waals surface area contributed by atoms with Gasteiger partial charge in [0, 0.05) is 37.3 Å². The molecular weight excluding hydrogens is 681 g/mol. The molecular formula is C36H44N4O4S4. The molecule has 2 heterocycles. The largest absolute Gasteiger partial charge is 0.326 e. The molecule has 0 aliphatic carbocycles. The Kier molecular flexibility index (Phi) is 13.4. The minimum Gasteiger partial charge on any atom is -0.326 e. The van der Waals surface area contributed by atoms with E-state index in [4.69, 9.17) is 24.4 Å². The van der Waals surface area contributed by atoms with Crippen molar-refractivity contribution in [1.29, 1.82) is 0 Å². The molecule has 2 aromatic rings. The first-order valence-corrected chi connectivity index (χ1v) is 18.8. The Hall–Kier alpha value is -3.06. The molecule has 0 aromatic heterocycles. The molecule has 2 aliphatic rings. The van der Waals surface area contributed by atoms with E-state index in [9.17, 15) is 19.2 Å². The molecule has 2 fully saturated rings. The third-order valence-electron chi connectivity index (χ3n) is 8.36. The maximum absolute atomic E-state index is 13.3. The van der Waals surface area contributed by atoms with Gasteiger partial charge in [0.25, 0.3) is 11.8 Å². The molecule has 4 rings (SSSR count). The Morgan fingerprint density at radius 1 is 0.583 bits per heavy atom. The number of carbonyl (C=O) groups is 4. The minimum absolute atomic E-state index is 0.0218. The zero-order valence-corrected chi connectivity index (χ0v) is 31.8. The SMILES string of the molecule is Cc1cc(C)c(NC(=O)CCCCCN2C(=O)C(=C3SC(=S)N(CCCCCC(=O)Nc4c(C)cc(C)cc4C)C3=O)SC2=S)c(C)c1. The number of hydrogen-bond donors (Lipinski definition) is 2. The summed E-state index contributed by atoms with van der Waals surface area (Å²) in [5, 5.41) is 6.08. The van der Waals surface area contributed by atoms with Crippen molar-refractivity contribution in [3.8, 4) is 0 Å². The van der Waals surface area contributed by atoms with Gasteiger partial charge in [-0.3, -0.25) is 29.0 Å². The lowest BCUT2D eigenvalue weighted by Gasteiger charge is -2.15. The van der Waals surface area contributed by atoms with Crippen molar-refractivity contribution in [1.82, 2.24) is 9.80 Å². The lowest BCUT2D eigenvalue weighted by Crippen LogP contribution is -2.31. The van der Waals surface area contributed by atoms with Crippen LogP contribution in [-0.2, 0) is 19.2 Å². The summed E-state index contributed by atoms with van der Waals surface area (Å²) >= 11 is 13.3. The Morgan fingerprint density at radius 2 is 0.917 bits per heavy atom. The van der Waals surface area contributed by atoms with Crippen molar-refractivity contribution < 1.29 is 19.2 Å². The van der Waals surface area contributed by atoms with Crippen molar-refractivity contribution >= 4 is 91.6 Å². The summed E-state index contributed by atoms with van der Waals surface area (Å²) in [7, 11) is 0. The number of nitrogens with zero attached hydrogens (tertiary/aromatic N) is 2. The predicted octanol–water partition coefficient (Wildman–Crippen LogP) is 8.17. The van der Waals surface area contributed by atoms with Crippen LogP contribution in [0.2, 0.25) is 0 Å². The highest BCUT2D eigenvalue weighted by Crippen LogP contribution is 2.42. The van der Waals surface area contributed by atoms with Gasteiger partial charge in [-0.15, -0.1) is 0 Å². The molecule has 0 bridgehead atoms. The van der Waals surface area contributed by atoms with Crippen LogP contribution in [0.5, 0.6) is 0 Å². The maximum atomic E-state index is 13.3. The lowest BCUT2D eigenvalue weighted by atomic mass is 10.0. The van der Waals surface area contributed by atoms with Crippen molar-refractivity contribution in [3.05, 3.63) is 67.5 Å². The van der Waals surface area contributed by atoms with Crippen LogP contribution in [0.25, 0.3) is 0 Å². The molecule has 0 saturated carbocycles. The smallest absolute Gasteiger partial charge is 0.267 e. The average Bonchev–Trinajstić information content (AvgIpc) is 3.44. The van der Waals surface area contributed by atoms with Crippen molar-refractivity contribution in [2.75, 3.05) is 23.7 Å². The Labute approximate surface area is 303 Å². The molecule has 0 radical (unpaired) electrons. The summed E-state index contributed by atoms with van der Waals surface area (Å²) in [6.45, 7) is 12.9. The fraction of sp³-hybridized carbons (Fsp3) is 0.444. The molecule has 2 saturated heterocycles. The highest BCUT2D eigenvalue weighted by Gasteiger charge is 2.41. The van der Waals surface area contributed by atoms with Gasteiger partial charge in [0.1, 0.15) is 8.64 Å². The highest BCUT2D eigenvalue weighted by atomic mass is 32.2. The van der Waals surface area contributed by atoms with E-state index in [1.807, 2.05) is 41.5 Å². The standard InChI is InChI=1S/C36H44N4O4S4/c1-21-17-23(3)29(24(4)18-21)37-27(41)13-9-7-11-15-39-33(43)31(47-35(39)45)32-34(44)40(36(46)48-32)16-12-8-10-14-28(42)38-30-25(5)19-22(2)20-26(30)6/h17-20H,7-16H2,1-6H3,(H,37,41)(H,38,42). The summed E-state index contributed by atoms with van der Waals surface area (Å²) in [5.74, 6) is -0.574. The number of thiocarbonyl (C=S) groups is 2. The molecule has 2 aliphatic heterocycles. The third-order valence-corrected chi connectivity index (χ3v) is 11.4. The van der Waals surface area contributed by atoms with Crippen LogP contribution in [0.4, 0.5) is 11.4 Å². The van der Waals surface area contributed by atoms with Gasteiger partial charge in [-0.2, -0.15) is 0 Å². The van der Waals surface area contributed by atoms with Crippen LogP contribution in [0.3, 0.4) is 0 Å². The summed E-state index contributed by atoms with van der Waals surface area (Å²) < 4.78 is 0.857. The van der Waals surface area contributed by atoms with Gasteiger partial charge in [-0.25, -0.2) is 0 Å². The van der Waals surface area contributed by atoms with Crippen LogP contribution in [0.1, 0.15) is 84.7 Å². The molecule has 8 nitrogen and oxygen atoms in total. The van der Waals surface area contributed by atoms with E-state index in [0.29, 0.717) is 70.1 Å². The summed E-state index contributed by atoms with van der Waals surface area (Å²) in [4.78, 5) is 55.5. The van der Waals surface area contributed by atoms with E-state index in [2.05, 4.69) is 34.9 Å². The number of aryl methyl sites for hydroxylation is 6. The summed E-state index contributed by atoms with van der Waals surface area (Å²) in [5.41, 5.74) is 8.27. The van der Waals surface area contributed by atoms with Crippen molar-refractivity contribution in [3.63, 3.8) is 0 Å². The summed E-state index contributed by atoms with van der Waals surface area (Å²) in [6.07, 6.45) is 5.10. The molecule has 256 valence electrons. The van der Waals surface area contributed by atoms with Crippen LogP contribution in [0.15, 0.2) is 34.1 Å². The Bertz CT molecular complexity index is 1520. The van der Waals surface area contributed by atoms with Crippen LogP contribution in [-0.4, -0.2) is 55.2 Å². The number of carbonyl (C=O) groups excluding carboxylic acids is 4. The molecule has 0 unspecified atom stereocenters. The normalized spacial score (nSPS) is 16.4. The third kappa shape index (κ3) is 9.55. The van der Waals surface area contributed by atoms with Crippen molar-refractivity contribution in [2.45, 2.75) is 92.9 Å². The second-order valence-corrected chi connectivity index (χ2v) is 15.9. The average molecular weight is 725 g/mol. The first kappa shape index (κ1) is 37.8. The van der Waals surface area contributed by atoms with E-state index < -0.39 is 0 Å². The fourth-order valence-electron chi connectivity index (χ4n) is 6.08. The van der Waals surface area contributed by atoms with Gasteiger partial charge in [-0.05, 0) is 89.5 Å². The lowest BCUT2D eigenvalue weighted by molar-refractivity contribution is -0.124. The van der Waals surface area contributed by atoms with Gasteiger partial charge in [-0.1, -0.05) is 96.2 Å². The first-order chi connectivity index (χ1) is 22.8. The van der Waals surface area contributed by atoms with E-state index in [1.54, 1.807) is 9.80 Å². The molecule has 0 atom stereocenters. The predicted molar refractivity (Wildman–Crippen MR) is 206 cm³/mol. The van der Waals surface area contributed by atoms with Gasteiger partial charge in [0.2, 0.25) is 11.8 Å². The van der Waals surface area contributed by atoms with E-state index in [-0.39, 0.29) is 23.6 Å². The van der Waals surface area contributed by atoms with Gasteiger partial charge < -0.3 is 10.6 Å². The van der Waals surface area contributed by atoms with Gasteiger partial charge in [0.15, 0.2) is 0 Å². The number of thioether (sulfide) groups is 2. The van der Waals surface area contributed by atoms with Crippen LogP contribution >= 0.6 is 48.0 Å². The zero-order chi connectivity index (χ0) is 35.1. The van der Waals surface area contributed by atoms with Crippen LogP contribution < -0.4 is 10.6 Å². The number of nitrogens with one attached hydrogen (secondary N) is 2. The second kappa shape index (κ2) is 17.0. The number of unbranched alkanes of at least 4 members (excludes halogenated alkanes) is 4. The molecule has 12 heteroatoms. The topological polar surface area (TPSA) is 98.8 Å². The minimum atomic E-state index is -0.265. The van der Waals surface area contributed by atoms with E-state index in [0.717, 1.165) is 70.0 Å². The number of rotatable bonds is 14. The molecule has 2 aromatic carbocycles. The fourth-order valence-corrected chi connectivity index (χ4v) is 8.85. The Balaban J connectivity index is 1.19. The number of benzene rings is 2. The van der Waals surface area contributed by atoms with Gasteiger partial charge in [0.05, 0.1) is 9.81 Å².